The van der Waals surface area contributed by atoms with Crippen LogP contribution in [0.2, 0.25) is 0 Å². The van der Waals surface area contributed by atoms with Crippen LogP contribution in [0.5, 0.6) is 0 Å². The lowest BCUT2D eigenvalue weighted by atomic mass is 10.1. The molecule has 7 heteroatoms. The number of benzene rings is 1. The van der Waals surface area contributed by atoms with E-state index in [-0.39, 0.29) is 5.56 Å². The molecule has 1 aromatic carbocycles. The van der Waals surface area contributed by atoms with Crippen molar-refractivity contribution >= 4 is 24.2 Å². The largest absolute Gasteiger partial charge is 0.452 e. The predicted molar refractivity (Wildman–Crippen MR) is 64.7 cm³/mol. The molecule has 3 amide bonds. The fourth-order valence-electron chi connectivity index (χ4n) is 1.14. The van der Waals surface area contributed by atoms with Crippen LogP contribution in [0.15, 0.2) is 24.3 Å². The van der Waals surface area contributed by atoms with E-state index >= 15 is 0 Å². The van der Waals surface area contributed by atoms with Crippen molar-refractivity contribution in [2.24, 2.45) is 0 Å². The molecule has 0 aliphatic heterocycles. The van der Waals surface area contributed by atoms with E-state index in [1.54, 1.807) is 0 Å². The van der Waals surface area contributed by atoms with Gasteiger partial charge in [0.15, 0.2) is 6.61 Å². The van der Waals surface area contributed by atoms with E-state index in [0.29, 0.717) is 11.8 Å². The molecule has 2 N–H and O–H groups in total. The zero-order valence-electron chi connectivity index (χ0n) is 10.1. The third-order valence-electron chi connectivity index (χ3n) is 2.10. The Balaban J connectivity index is 2.48. The number of urea groups is 1. The molecule has 1 rings (SSSR count). The van der Waals surface area contributed by atoms with Crippen LogP contribution < -0.4 is 10.6 Å². The average Bonchev–Trinajstić information content (AvgIpc) is 2.44. The van der Waals surface area contributed by atoms with E-state index in [2.05, 4.69) is 10.1 Å². The van der Waals surface area contributed by atoms with Gasteiger partial charge in [0, 0.05) is 12.6 Å². The minimum absolute atomic E-state index is 0.207. The lowest BCUT2D eigenvalue weighted by Crippen LogP contribution is -2.39. The van der Waals surface area contributed by atoms with Crippen molar-refractivity contribution in [2.45, 2.75) is 0 Å². The van der Waals surface area contributed by atoms with E-state index in [0.717, 1.165) is 0 Å². The average molecular weight is 264 g/mol. The van der Waals surface area contributed by atoms with Crippen LogP contribution in [0, 0.1) is 0 Å². The molecule has 7 nitrogen and oxygen atoms in total. The van der Waals surface area contributed by atoms with E-state index in [4.69, 9.17) is 0 Å². The number of hydrogen-bond acceptors (Lipinski definition) is 5. The highest BCUT2D eigenvalue weighted by Crippen LogP contribution is 2.04. The molecule has 0 radical (unpaired) electrons. The smallest absolute Gasteiger partial charge is 0.338 e. The monoisotopic (exact) mass is 264 g/mol. The third kappa shape index (κ3) is 4.58. The van der Waals surface area contributed by atoms with Crippen LogP contribution in [-0.2, 0) is 9.53 Å². The van der Waals surface area contributed by atoms with E-state index < -0.39 is 24.5 Å². The van der Waals surface area contributed by atoms with Gasteiger partial charge in [-0.2, -0.15) is 0 Å². The summed E-state index contributed by atoms with van der Waals surface area (Å²) in [6, 6.07) is 5.03. The molecule has 0 saturated carbocycles. The summed E-state index contributed by atoms with van der Waals surface area (Å²) in [4.78, 5) is 43.9. The first-order chi connectivity index (χ1) is 9.06. The van der Waals surface area contributed by atoms with Gasteiger partial charge in [0.25, 0.3) is 5.91 Å². The van der Waals surface area contributed by atoms with Crippen LogP contribution in [-0.4, -0.2) is 37.8 Å². The molecule has 0 bridgehead atoms. The molecular weight excluding hydrogens is 252 g/mol. The van der Waals surface area contributed by atoms with Gasteiger partial charge in [-0.15, -0.1) is 0 Å². The molecule has 0 aliphatic rings. The summed E-state index contributed by atoms with van der Waals surface area (Å²) in [7, 11) is 1.35. The van der Waals surface area contributed by atoms with Crippen LogP contribution in [0.4, 0.5) is 4.79 Å². The van der Waals surface area contributed by atoms with Gasteiger partial charge < -0.3 is 10.1 Å². The predicted octanol–water partition coefficient (Wildman–Crippen LogP) is 0.111. The molecule has 0 heterocycles. The van der Waals surface area contributed by atoms with E-state index in [9.17, 15) is 19.2 Å². The van der Waals surface area contributed by atoms with Gasteiger partial charge in [0.2, 0.25) is 0 Å². The fourth-order valence-corrected chi connectivity index (χ4v) is 1.14. The van der Waals surface area contributed by atoms with Gasteiger partial charge in [-0.25, -0.2) is 9.59 Å². The van der Waals surface area contributed by atoms with Gasteiger partial charge in [-0.05, 0) is 12.1 Å². The van der Waals surface area contributed by atoms with Crippen molar-refractivity contribution in [1.29, 1.82) is 0 Å². The standard InChI is InChI=1S/C12H12N2O5/c1-13-12(18)14-10(16)7-19-11(17)9-4-2-8(6-15)3-5-9/h2-6H,7H2,1H3,(H2,13,14,16,18). The number of carbonyl (C=O) groups is 4. The lowest BCUT2D eigenvalue weighted by molar-refractivity contribution is -0.123. The van der Waals surface area contributed by atoms with Gasteiger partial charge >= 0.3 is 12.0 Å². The number of aldehydes is 1. The summed E-state index contributed by atoms with van der Waals surface area (Å²) < 4.78 is 4.69. The Bertz CT molecular complexity index is 495. The van der Waals surface area contributed by atoms with Crippen LogP contribution >= 0.6 is 0 Å². The van der Waals surface area contributed by atoms with Crippen molar-refractivity contribution in [3.63, 3.8) is 0 Å². The first-order valence-electron chi connectivity index (χ1n) is 5.30. The summed E-state index contributed by atoms with van der Waals surface area (Å²) in [6.07, 6.45) is 0.645. The molecule has 0 fully saturated rings. The first kappa shape index (κ1) is 14.4. The number of rotatable bonds is 4. The second kappa shape index (κ2) is 6.90. The highest BCUT2D eigenvalue weighted by molar-refractivity contribution is 5.97. The summed E-state index contributed by atoms with van der Waals surface area (Å²) in [5.74, 6) is -1.46. The Hall–Kier alpha value is -2.70. The molecular formula is C12H12N2O5. The highest BCUT2D eigenvalue weighted by atomic mass is 16.5. The van der Waals surface area contributed by atoms with Crippen LogP contribution in [0.3, 0.4) is 0 Å². The molecule has 0 spiro atoms. The van der Waals surface area contributed by atoms with Crippen LogP contribution in [0.1, 0.15) is 20.7 Å². The Labute approximate surface area is 108 Å². The van der Waals surface area contributed by atoms with Crippen molar-refractivity contribution in [1.82, 2.24) is 10.6 Å². The molecule has 19 heavy (non-hydrogen) atoms. The van der Waals surface area contributed by atoms with Crippen molar-refractivity contribution in [2.75, 3.05) is 13.7 Å². The second-order valence-electron chi connectivity index (χ2n) is 3.44. The fraction of sp³-hybridized carbons (Fsp3) is 0.167. The number of carbonyl (C=O) groups excluding carboxylic acids is 4. The SMILES string of the molecule is CNC(=O)NC(=O)COC(=O)c1ccc(C=O)cc1. The number of imide groups is 1. The second-order valence-corrected chi connectivity index (χ2v) is 3.44. The topological polar surface area (TPSA) is 102 Å². The summed E-state index contributed by atoms with van der Waals surface area (Å²) in [5.41, 5.74) is 0.632. The van der Waals surface area contributed by atoms with Gasteiger partial charge in [0.1, 0.15) is 6.29 Å². The zero-order chi connectivity index (χ0) is 14.3. The van der Waals surface area contributed by atoms with Crippen molar-refractivity contribution in [3.8, 4) is 0 Å². The quantitative estimate of drug-likeness (QED) is 0.593. The molecule has 0 aliphatic carbocycles. The minimum atomic E-state index is -0.739. The van der Waals surface area contributed by atoms with Gasteiger partial charge in [-0.3, -0.25) is 14.9 Å². The maximum atomic E-state index is 11.5. The summed E-state index contributed by atoms with van der Waals surface area (Å²) >= 11 is 0. The first-order valence-corrected chi connectivity index (χ1v) is 5.30. The van der Waals surface area contributed by atoms with Crippen molar-refractivity contribution < 1.29 is 23.9 Å². The normalized spacial score (nSPS) is 9.32. The maximum absolute atomic E-state index is 11.5. The molecule has 0 saturated heterocycles. The highest BCUT2D eigenvalue weighted by Gasteiger charge is 2.11. The van der Waals surface area contributed by atoms with Crippen LogP contribution in [0.25, 0.3) is 0 Å². The Morgan fingerprint density at radius 3 is 2.37 bits per heavy atom. The maximum Gasteiger partial charge on any atom is 0.338 e. The van der Waals surface area contributed by atoms with Gasteiger partial charge in [-0.1, -0.05) is 12.1 Å². The zero-order valence-corrected chi connectivity index (χ0v) is 10.1. The molecule has 1 aromatic rings. The van der Waals surface area contributed by atoms with E-state index in [1.807, 2.05) is 5.32 Å². The Morgan fingerprint density at radius 2 is 1.84 bits per heavy atom. The molecule has 0 aromatic heterocycles. The summed E-state index contributed by atoms with van der Waals surface area (Å²) in [6.45, 7) is -0.568. The van der Waals surface area contributed by atoms with Gasteiger partial charge in [0.05, 0.1) is 5.56 Å². The number of nitrogens with one attached hydrogen (secondary N) is 2. The number of amides is 3. The number of esters is 1. The van der Waals surface area contributed by atoms with Crippen molar-refractivity contribution in [3.05, 3.63) is 35.4 Å². The number of ether oxygens (including phenoxy) is 1. The minimum Gasteiger partial charge on any atom is -0.452 e. The summed E-state index contributed by atoms with van der Waals surface area (Å²) in [5, 5.41) is 4.13. The molecule has 0 atom stereocenters. The molecule has 100 valence electrons. The number of hydrogen-bond donors (Lipinski definition) is 2. The Morgan fingerprint density at radius 1 is 1.21 bits per heavy atom. The van der Waals surface area contributed by atoms with E-state index in [1.165, 1.54) is 31.3 Å². The third-order valence-corrected chi connectivity index (χ3v) is 2.10. The molecule has 0 unspecified atom stereocenters. The Kier molecular flexibility index (Phi) is 5.21. The lowest BCUT2D eigenvalue weighted by Gasteiger charge is -2.05.